The van der Waals surface area contributed by atoms with Gasteiger partial charge in [0.15, 0.2) is 0 Å². The van der Waals surface area contributed by atoms with E-state index >= 15 is 0 Å². The molecule has 0 N–H and O–H groups in total. The van der Waals surface area contributed by atoms with E-state index in [2.05, 4.69) is 4.18 Å². The van der Waals surface area contributed by atoms with Crippen molar-refractivity contribution in [2.45, 2.75) is 11.3 Å². The van der Waals surface area contributed by atoms with E-state index in [0.29, 0.717) is 5.56 Å². The molecule has 0 saturated heterocycles. The van der Waals surface area contributed by atoms with Crippen molar-refractivity contribution in [2.75, 3.05) is 0 Å². The lowest BCUT2D eigenvalue weighted by molar-refractivity contribution is -0.271. The van der Waals surface area contributed by atoms with Crippen LogP contribution in [-0.4, -0.2) is 14.8 Å². The van der Waals surface area contributed by atoms with Crippen molar-refractivity contribution < 1.29 is 25.8 Å². The molecule has 2 aromatic rings. The maximum Gasteiger partial charge on any atom is 0.537 e. The van der Waals surface area contributed by atoms with E-state index in [1.54, 1.807) is 24.3 Å². The maximum atomic E-state index is 12.0. The van der Waals surface area contributed by atoms with E-state index in [4.69, 9.17) is 0 Å². The summed E-state index contributed by atoms with van der Waals surface area (Å²) < 4.78 is 61.8. The van der Waals surface area contributed by atoms with Gasteiger partial charge in [-0.3, -0.25) is 0 Å². The maximum absolute atomic E-state index is 12.0. The van der Waals surface area contributed by atoms with E-state index < -0.39 is 21.4 Å². The Bertz CT molecular complexity index is 677. The Morgan fingerprint density at radius 1 is 0.800 bits per heavy atom. The molecule has 7 heteroatoms. The van der Waals surface area contributed by atoms with Gasteiger partial charge in [-0.2, -0.15) is 12.6 Å². The van der Waals surface area contributed by atoms with Crippen molar-refractivity contribution in [3.05, 3.63) is 54.6 Å². The molecule has 0 radical (unpaired) electrons. The Morgan fingerprint density at radius 3 is 1.80 bits per heavy atom. The molecule has 2 aromatic carbocycles. The Labute approximate surface area is 113 Å². The summed E-state index contributed by atoms with van der Waals surface area (Å²) in [7, 11) is -4.84. The van der Waals surface area contributed by atoms with Gasteiger partial charge in [-0.05, 0) is 23.3 Å². The molecule has 0 bridgehead atoms. The summed E-state index contributed by atoms with van der Waals surface area (Å²) in [6.07, 6.45) is -5.24. The van der Waals surface area contributed by atoms with Gasteiger partial charge in [-0.15, -0.1) is 13.2 Å². The van der Waals surface area contributed by atoms with Crippen LogP contribution in [0.1, 0.15) is 0 Å². The largest absolute Gasteiger partial charge is 0.537 e. The zero-order chi connectivity index (χ0) is 14.8. The minimum atomic E-state index is -5.24. The normalized spacial score (nSPS) is 12.3. The van der Waals surface area contributed by atoms with Gasteiger partial charge in [0.05, 0.1) is 4.90 Å². The van der Waals surface area contributed by atoms with Gasteiger partial charge in [0.25, 0.3) is 0 Å². The van der Waals surface area contributed by atoms with Crippen LogP contribution in [0.5, 0.6) is 0 Å². The predicted molar refractivity (Wildman–Crippen MR) is 66.2 cm³/mol. The smallest absolute Gasteiger partial charge is 0.194 e. The van der Waals surface area contributed by atoms with Crippen LogP contribution in [0, 0.1) is 0 Å². The minimum Gasteiger partial charge on any atom is -0.194 e. The molecule has 106 valence electrons. The molecule has 0 fully saturated rings. The fourth-order valence-electron chi connectivity index (χ4n) is 1.62. The second-order valence-electron chi connectivity index (χ2n) is 3.87. The average Bonchev–Trinajstić information content (AvgIpc) is 2.37. The second kappa shape index (κ2) is 5.26. The van der Waals surface area contributed by atoms with Gasteiger partial charge < -0.3 is 0 Å². The molecular formula is C13H9F3O3S. The number of rotatable bonds is 3. The Morgan fingerprint density at radius 2 is 1.30 bits per heavy atom. The van der Waals surface area contributed by atoms with E-state index in [0.717, 1.165) is 17.7 Å². The van der Waals surface area contributed by atoms with Crippen molar-refractivity contribution in [3.8, 4) is 11.1 Å². The molecule has 3 nitrogen and oxygen atoms in total. The van der Waals surface area contributed by atoms with Gasteiger partial charge in [0.1, 0.15) is 0 Å². The second-order valence-corrected chi connectivity index (χ2v) is 5.42. The summed E-state index contributed by atoms with van der Waals surface area (Å²) in [6.45, 7) is 0. The van der Waals surface area contributed by atoms with E-state index in [1.165, 1.54) is 12.1 Å². The van der Waals surface area contributed by atoms with Crippen LogP contribution < -0.4 is 0 Å². The van der Waals surface area contributed by atoms with Crippen LogP contribution >= 0.6 is 0 Å². The SMILES string of the molecule is O=S(=O)(OC(F)(F)F)c1ccc(-c2ccccc2)cc1. The highest BCUT2D eigenvalue weighted by Crippen LogP contribution is 2.26. The molecule has 0 aliphatic rings. The third-order valence-electron chi connectivity index (χ3n) is 2.45. The van der Waals surface area contributed by atoms with Crippen LogP contribution in [0.4, 0.5) is 13.2 Å². The van der Waals surface area contributed by atoms with Crippen LogP contribution in [0.15, 0.2) is 59.5 Å². The Hall–Kier alpha value is -1.86. The quantitative estimate of drug-likeness (QED) is 0.814. The van der Waals surface area contributed by atoms with Crippen molar-refractivity contribution in [2.24, 2.45) is 0 Å². The summed E-state index contributed by atoms with van der Waals surface area (Å²) in [6, 6.07) is 14.0. The average molecular weight is 302 g/mol. The first-order valence-corrected chi connectivity index (χ1v) is 6.87. The summed E-state index contributed by atoms with van der Waals surface area (Å²) >= 11 is 0. The predicted octanol–water partition coefficient (Wildman–Crippen LogP) is 3.58. The molecule has 0 aromatic heterocycles. The standard InChI is InChI=1S/C13H9F3O3S/c14-13(15,16)19-20(17,18)12-8-6-11(7-9-12)10-4-2-1-3-5-10/h1-9H. The lowest BCUT2D eigenvalue weighted by Gasteiger charge is -2.08. The number of alkyl halides is 3. The van der Waals surface area contributed by atoms with Crippen LogP contribution in [-0.2, 0) is 14.3 Å². The van der Waals surface area contributed by atoms with Crippen LogP contribution in [0.25, 0.3) is 11.1 Å². The van der Waals surface area contributed by atoms with Gasteiger partial charge in [0, 0.05) is 0 Å². The summed E-state index contributed by atoms with van der Waals surface area (Å²) in [5.41, 5.74) is 1.52. The topological polar surface area (TPSA) is 43.4 Å². The lowest BCUT2D eigenvalue weighted by Crippen LogP contribution is -2.19. The number of hydrogen-bond acceptors (Lipinski definition) is 3. The fraction of sp³-hybridized carbons (Fsp3) is 0.0769. The Kier molecular flexibility index (Phi) is 3.82. The molecule has 0 spiro atoms. The summed E-state index contributed by atoms with van der Waals surface area (Å²) in [4.78, 5) is -0.547. The molecule has 0 aliphatic heterocycles. The highest BCUT2D eigenvalue weighted by Gasteiger charge is 2.37. The lowest BCUT2D eigenvalue weighted by atomic mass is 10.1. The highest BCUT2D eigenvalue weighted by molar-refractivity contribution is 7.86. The van der Waals surface area contributed by atoms with Crippen molar-refractivity contribution in [1.29, 1.82) is 0 Å². The first kappa shape index (κ1) is 14.5. The molecule has 20 heavy (non-hydrogen) atoms. The number of halogens is 3. The monoisotopic (exact) mass is 302 g/mol. The number of hydrogen-bond donors (Lipinski definition) is 0. The van der Waals surface area contributed by atoms with Crippen LogP contribution in [0.2, 0.25) is 0 Å². The molecule has 0 saturated carbocycles. The zero-order valence-corrected chi connectivity index (χ0v) is 10.8. The third kappa shape index (κ3) is 3.58. The molecule has 0 amide bonds. The molecule has 0 unspecified atom stereocenters. The third-order valence-corrected chi connectivity index (χ3v) is 3.71. The van der Waals surface area contributed by atoms with Crippen molar-refractivity contribution in [3.63, 3.8) is 0 Å². The molecule has 0 heterocycles. The van der Waals surface area contributed by atoms with Crippen molar-refractivity contribution in [1.82, 2.24) is 0 Å². The Balaban J connectivity index is 2.29. The number of benzene rings is 2. The van der Waals surface area contributed by atoms with Gasteiger partial charge in [0.2, 0.25) is 0 Å². The van der Waals surface area contributed by atoms with Gasteiger partial charge in [-0.25, -0.2) is 0 Å². The fourth-order valence-corrected chi connectivity index (χ4v) is 2.43. The van der Waals surface area contributed by atoms with Gasteiger partial charge in [-0.1, -0.05) is 42.5 Å². The summed E-state index contributed by atoms with van der Waals surface area (Å²) in [5.74, 6) is 0. The minimum absolute atomic E-state index is 0.547. The summed E-state index contributed by atoms with van der Waals surface area (Å²) in [5, 5.41) is 0. The van der Waals surface area contributed by atoms with E-state index in [9.17, 15) is 21.6 Å². The van der Waals surface area contributed by atoms with E-state index in [1.807, 2.05) is 6.07 Å². The van der Waals surface area contributed by atoms with E-state index in [-0.39, 0.29) is 0 Å². The van der Waals surface area contributed by atoms with Crippen molar-refractivity contribution >= 4 is 10.1 Å². The van der Waals surface area contributed by atoms with Crippen LogP contribution in [0.3, 0.4) is 0 Å². The first-order valence-electron chi connectivity index (χ1n) is 5.46. The molecular weight excluding hydrogens is 293 g/mol. The van der Waals surface area contributed by atoms with Gasteiger partial charge >= 0.3 is 16.5 Å². The first-order chi connectivity index (χ1) is 9.28. The molecule has 0 aliphatic carbocycles. The zero-order valence-electron chi connectivity index (χ0n) is 9.96. The highest BCUT2D eigenvalue weighted by atomic mass is 32.2. The molecule has 2 rings (SSSR count). The molecule has 0 atom stereocenters.